The van der Waals surface area contributed by atoms with Gasteiger partial charge in [-0.25, -0.2) is 8.78 Å². The minimum absolute atomic E-state index is 1.06. The van der Waals surface area contributed by atoms with Crippen molar-refractivity contribution in [2.24, 2.45) is 0 Å². The molecule has 7 heteroatoms. The van der Waals surface area contributed by atoms with Gasteiger partial charge in [0.15, 0.2) is 0 Å². The summed E-state index contributed by atoms with van der Waals surface area (Å²) in [5.74, 6) is 0. The Kier molecular flexibility index (Phi) is 12.8. The maximum atomic E-state index is 13.2. The molecule has 2 N–H and O–H groups in total. The molecule has 0 radical (unpaired) electrons. The molecule has 0 heterocycles. The largest absolute Gasteiger partial charge is 0.264 e. The lowest BCUT2D eigenvalue weighted by atomic mass is 10.6. The maximum absolute atomic E-state index is 13.2. The number of hydrogen-bond donors (Lipinski definition) is 2. The Morgan fingerprint density at radius 1 is 0.520 bits per heavy atom. The Balaban J connectivity index is 5.52. The smallest absolute Gasteiger partial charge is 0.225 e. The fraction of sp³-hybridized carbons (Fsp3) is 1.00. The molecular formula is C18H44N2O2SSi2. The van der Waals surface area contributed by atoms with Crippen LogP contribution in [0.15, 0.2) is 0 Å². The van der Waals surface area contributed by atoms with Crippen LogP contribution in [0.1, 0.15) is 80.1 Å². The van der Waals surface area contributed by atoms with Crippen molar-refractivity contribution >= 4 is 26.7 Å². The highest BCUT2D eigenvalue weighted by Gasteiger charge is 2.40. The first-order valence-electron chi connectivity index (χ1n) is 10.6. The van der Waals surface area contributed by atoms with E-state index in [0.29, 0.717) is 0 Å². The van der Waals surface area contributed by atoms with Crippen molar-refractivity contribution in [1.29, 1.82) is 0 Å². The van der Waals surface area contributed by atoms with E-state index in [1.54, 1.807) is 0 Å². The molecule has 0 spiro atoms. The van der Waals surface area contributed by atoms with Gasteiger partial charge in [-0.2, -0.15) is 8.42 Å². The Bertz CT molecular complexity index is 376. The van der Waals surface area contributed by atoms with E-state index in [4.69, 9.17) is 0 Å². The highest BCUT2D eigenvalue weighted by Crippen LogP contribution is 2.27. The second-order valence-corrected chi connectivity index (χ2v) is 18.5. The quantitative estimate of drug-likeness (QED) is 0.319. The van der Waals surface area contributed by atoms with Crippen molar-refractivity contribution in [2.75, 3.05) is 0 Å². The van der Waals surface area contributed by atoms with Crippen molar-refractivity contribution in [2.45, 2.75) is 116 Å². The molecular weight excluding hydrogens is 364 g/mol. The van der Waals surface area contributed by atoms with Gasteiger partial charge in [0.25, 0.3) is 10.2 Å². The first kappa shape index (κ1) is 25.3. The van der Waals surface area contributed by atoms with E-state index in [2.05, 4.69) is 50.3 Å². The summed E-state index contributed by atoms with van der Waals surface area (Å²) in [7, 11) is -7.36. The molecule has 0 aromatic carbocycles. The molecule has 0 saturated heterocycles. The lowest BCUT2D eigenvalue weighted by molar-refractivity contribution is 0.587. The summed E-state index contributed by atoms with van der Waals surface area (Å²) in [4.78, 5) is 0. The standard InChI is InChI=1S/C18H44N2O2SSi2/c1-7-13-24(14-8-2,15-9-3)19-23(21,22)20-25(16-10-4,17-11-5)18-12-6/h19-20H,7-18H2,1-6H3. The van der Waals surface area contributed by atoms with E-state index < -0.39 is 26.7 Å². The van der Waals surface area contributed by atoms with Crippen LogP contribution in [0.4, 0.5) is 0 Å². The summed E-state index contributed by atoms with van der Waals surface area (Å²) >= 11 is 0. The Morgan fingerprint density at radius 2 is 0.720 bits per heavy atom. The van der Waals surface area contributed by atoms with Crippen LogP contribution >= 0.6 is 0 Å². The van der Waals surface area contributed by atoms with E-state index >= 15 is 0 Å². The molecule has 4 nitrogen and oxygen atoms in total. The summed E-state index contributed by atoms with van der Waals surface area (Å²) in [6, 6.07) is 6.33. The minimum Gasteiger partial charge on any atom is -0.225 e. The van der Waals surface area contributed by atoms with Gasteiger partial charge in [0.05, 0.1) is 0 Å². The van der Waals surface area contributed by atoms with Crippen LogP contribution in [0.2, 0.25) is 36.3 Å². The molecule has 0 aliphatic rings. The summed E-state index contributed by atoms with van der Waals surface area (Å²) in [5.41, 5.74) is 0. The van der Waals surface area contributed by atoms with Gasteiger partial charge in [0.2, 0.25) is 0 Å². The van der Waals surface area contributed by atoms with Crippen LogP contribution in [0.3, 0.4) is 0 Å². The van der Waals surface area contributed by atoms with Crippen molar-refractivity contribution in [3.8, 4) is 0 Å². The van der Waals surface area contributed by atoms with Gasteiger partial charge in [-0.15, -0.1) is 0 Å². The van der Waals surface area contributed by atoms with Gasteiger partial charge in [-0.3, -0.25) is 0 Å². The third-order valence-electron chi connectivity index (χ3n) is 5.07. The molecule has 0 rings (SSSR count). The van der Waals surface area contributed by atoms with Gasteiger partial charge in [0, 0.05) is 0 Å². The average molecular weight is 409 g/mol. The van der Waals surface area contributed by atoms with Gasteiger partial charge in [-0.05, 0) is 36.3 Å². The molecule has 25 heavy (non-hydrogen) atoms. The zero-order chi connectivity index (χ0) is 19.4. The number of nitrogens with one attached hydrogen (secondary N) is 2. The van der Waals surface area contributed by atoms with E-state index in [-0.39, 0.29) is 0 Å². The second kappa shape index (κ2) is 12.6. The number of rotatable bonds is 16. The molecule has 0 fully saturated rings. The van der Waals surface area contributed by atoms with Crippen molar-refractivity contribution in [1.82, 2.24) is 8.78 Å². The highest BCUT2D eigenvalue weighted by molar-refractivity contribution is 7.90. The summed E-state index contributed by atoms with van der Waals surface area (Å²) in [5, 5.41) is 0. The van der Waals surface area contributed by atoms with Crippen LogP contribution in [0, 0.1) is 0 Å². The summed E-state index contributed by atoms with van der Waals surface area (Å²) in [6.45, 7) is 13.1. The van der Waals surface area contributed by atoms with Gasteiger partial charge in [-0.1, -0.05) is 80.1 Å². The summed E-state index contributed by atoms with van der Waals surface area (Å²) in [6.07, 6.45) is 6.39. The molecule has 0 saturated carbocycles. The average Bonchev–Trinajstić information content (AvgIpc) is 2.47. The third kappa shape index (κ3) is 9.17. The Hall–Kier alpha value is 0.304. The molecule has 0 aliphatic heterocycles. The van der Waals surface area contributed by atoms with E-state index in [1.807, 2.05) is 0 Å². The molecule has 152 valence electrons. The van der Waals surface area contributed by atoms with Crippen LogP contribution in [0.25, 0.3) is 0 Å². The lowest BCUT2D eigenvalue weighted by Crippen LogP contribution is -2.62. The SMILES string of the molecule is CCC[Si](CCC)(CCC)NS(=O)(=O)N[Si](CCC)(CCC)CCC. The van der Waals surface area contributed by atoms with Crippen LogP contribution in [0.5, 0.6) is 0 Å². The highest BCUT2D eigenvalue weighted by atomic mass is 32.2. The van der Waals surface area contributed by atoms with Gasteiger partial charge >= 0.3 is 0 Å². The Morgan fingerprint density at radius 3 is 0.880 bits per heavy atom. The molecule has 0 unspecified atom stereocenters. The van der Waals surface area contributed by atoms with Crippen LogP contribution in [-0.2, 0) is 10.2 Å². The van der Waals surface area contributed by atoms with Crippen LogP contribution in [-0.4, -0.2) is 24.9 Å². The molecule has 0 aromatic heterocycles. The van der Waals surface area contributed by atoms with Crippen molar-refractivity contribution < 1.29 is 8.42 Å². The second-order valence-electron chi connectivity index (χ2n) is 7.77. The zero-order valence-electron chi connectivity index (χ0n) is 17.7. The van der Waals surface area contributed by atoms with E-state index in [1.165, 1.54) is 0 Å². The fourth-order valence-electron chi connectivity index (χ4n) is 4.52. The van der Waals surface area contributed by atoms with Gasteiger partial charge in [0.1, 0.15) is 16.5 Å². The molecule has 0 bridgehead atoms. The van der Waals surface area contributed by atoms with Crippen LogP contribution < -0.4 is 8.78 Å². The molecule has 0 amide bonds. The first-order valence-corrected chi connectivity index (χ1v) is 17.3. The predicted molar refractivity (Wildman–Crippen MR) is 117 cm³/mol. The Labute approximate surface area is 160 Å². The first-order chi connectivity index (χ1) is 11.8. The minimum atomic E-state index is -3.41. The van der Waals surface area contributed by atoms with Crippen molar-refractivity contribution in [3.05, 3.63) is 0 Å². The fourth-order valence-corrected chi connectivity index (χ4v) is 19.4. The molecule has 0 aromatic rings. The molecule has 0 atom stereocenters. The predicted octanol–water partition coefficient (Wildman–Crippen LogP) is 5.76. The lowest BCUT2D eigenvalue weighted by Gasteiger charge is -2.36. The maximum Gasteiger partial charge on any atom is 0.264 e. The van der Waals surface area contributed by atoms with Crippen molar-refractivity contribution in [3.63, 3.8) is 0 Å². The normalized spacial score (nSPS) is 13.4. The van der Waals surface area contributed by atoms with E-state index in [9.17, 15) is 8.42 Å². The zero-order valence-corrected chi connectivity index (χ0v) is 20.5. The monoisotopic (exact) mass is 408 g/mol. The summed E-state index contributed by atoms with van der Waals surface area (Å²) < 4.78 is 32.9. The number of hydrogen-bond acceptors (Lipinski definition) is 2. The van der Waals surface area contributed by atoms with Gasteiger partial charge < -0.3 is 0 Å². The van der Waals surface area contributed by atoms with E-state index in [0.717, 1.165) is 74.8 Å². The third-order valence-corrected chi connectivity index (χ3v) is 19.4. The molecule has 0 aliphatic carbocycles. The topological polar surface area (TPSA) is 58.2 Å².